The second-order valence-electron chi connectivity index (χ2n) is 6.56. The van der Waals surface area contributed by atoms with Crippen LogP contribution in [-0.2, 0) is 4.79 Å². The minimum absolute atomic E-state index is 0.0139. The molecule has 1 aliphatic heterocycles. The number of nitrogens with two attached hydrogens (primary N) is 1. The van der Waals surface area contributed by atoms with Crippen molar-refractivity contribution in [2.45, 2.75) is 51.6 Å². The monoisotopic (exact) mass is 318 g/mol. The fourth-order valence-electron chi connectivity index (χ4n) is 2.98. The number of hydrazine groups is 1. The highest BCUT2D eigenvalue weighted by atomic mass is 16.2. The number of rotatable bonds is 5. The molecule has 0 aliphatic carbocycles. The molecule has 0 radical (unpaired) electrons. The number of carbonyl (C=O) groups excluding carboxylic acids is 2. The van der Waals surface area contributed by atoms with Gasteiger partial charge in [0.1, 0.15) is 0 Å². The standard InChI is InChI=1S/C17H26N4O2/c1-4-17(2,3)21-11-5-6-14(21)16(23)19-13-9-7-12(8-10-13)15(22)20-18/h7-10,14H,4-6,11,18H2,1-3H3,(H,19,23)(H,20,22). The number of hydrogen-bond acceptors (Lipinski definition) is 4. The number of amides is 2. The molecule has 2 rings (SSSR count). The van der Waals surface area contributed by atoms with E-state index in [1.165, 1.54) is 0 Å². The van der Waals surface area contributed by atoms with Gasteiger partial charge in [-0.1, -0.05) is 6.92 Å². The van der Waals surface area contributed by atoms with E-state index in [4.69, 9.17) is 5.84 Å². The molecule has 6 nitrogen and oxygen atoms in total. The summed E-state index contributed by atoms with van der Waals surface area (Å²) < 4.78 is 0. The van der Waals surface area contributed by atoms with Crippen LogP contribution in [-0.4, -0.2) is 34.8 Å². The van der Waals surface area contributed by atoms with Crippen LogP contribution in [0.5, 0.6) is 0 Å². The van der Waals surface area contributed by atoms with Crippen LogP contribution in [0.3, 0.4) is 0 Å². The molecule has 126 valence electrons. The summed E-state index contributed by atoms with van der Waals surface area (Å²) in [6, 6.07) is 6.61. The van der Waals surface area contributed by atoms with Crippen molar-refractivity contribution in [3.05, 3.63) is 29.8 Å². The number of hydrogen-bond donors (Lipinski definition) is 3. The third-order valence-corrected chi connectivity index (χ3v) is 4.74. The predicted molar refractivity (Wildman–Crippen MR) is 90.8 cm³/mol. The molecule has 1 fully saturated rings. The molecule has 1 heterocycles. The first kappa shape index (κ1) is 17.4. The minimum atomic E-state index is -0.352. The average molecular weight is 318 g/mol. The topological polar surface area (TPSA) is 87.5 Å². The first-order valence-electron chi connectivity index (χ1n) is 8.07. The van der Waals surface area contributed by atoms with Crippen LogP contribution < -0.4 is 16.6 Å². The molecule has 1 unspecified atom stereocenters. The van der Waals surface area contributed by atoms with E-state index >= 15 is 0 Å². The van der Waals surface area contributed by atoms with Gasteiger partial charge in [0.25, 0.3) is 5.91 Å². The molecule has 6 heteroatoms. The zero-order chi connectivity index (χ0) is 17.0. The summed E-state index contributed by atoms with van der Waals surface area (Å²) in [6.45, 7) is 7.46. The molecule has 0 spiro atoms. The van der Waals surface area contributed by atoms with Crippen molar-refractivity contribution in [3.63, 3.8) is 0 Å². The lowest BCUT2D eigenvalue weighted by Crippen LogP contribution is -2.50. The van der Waals surface area contributed by atoms with Crippen LogP contribution in [0.2, 0.25) is 0 Å². The molecule has 1 aromatic rings. The predicted octanol–water partition coefficient (Wildman–Crippen LogP) is 1.88. The van der Waals surface area contributed by atoms with E-state index in [1.807, 2.05) is 0 Å². The first-order valence-corrected chi connectivity index (χ1v) is 8.07. The van der Waals surface area contributed by atoms with Crippen molar-refractivity contribution in [1.29, 1.82) is 0 Å². The Morgan fingerprint density at radius 1 is 1.30 bits per heavy atom. The van der Waals surface area contributed by atoms with Crippen molar-refractivity contribution < 1.29 is 9.59 Å². The second kappa shape index (κ2) is 7.10. The Morgan fingerprint density at radius 2 is 1.96 bits per heavy atom. The smallest absolute Gasteiger partial charge is 0.265 e. The Bertz CT molecular complexity index is 568. The zero-order valence-electron chi connectivity index (χ0n) is 14.1. The molecule has 0 saturated carbocycles. The maximum atomic E-state index is 12.6. The lowest BCUT2D eigenvalue weighted by Gasteiger charge is -2.38. The molecule has 1 saturated heterocycles. The summed E-state index contributed by atoms with van der Waals surface area (Å²) in [7, 11) is 0. The van der Waals surface area contributed by atoms with Crippen molar-refractivity contribution in [2.75, 3.05) is 11.9 Å². The molecule has 0 bridgehead atoms. The normalized spacial score (nSPS) is 18.7. The quantitative estimate of drug-likeness (QED) is 0.439. The maximum Gasteiger partial charge on any atom is 0.265 e. The fourth-order valence-corrected chi connectivity index (χ4v) is 2.98. The van der Waals surface area contributed by atoms with Crippen molar-refractivity contribution in [1.82, 2.24) is 10.3 Å². The molecule has 23 heavy (non-hydrogen) atoms. The second-order valence-corrected chi connectivity index (χ2v) is 6.56. The Balaban J connectivity index is 2.05. The van der Waals surface area contributed by atoms with Gasteiger partial charge in [0.05, 0.1) is 6.04 Å². The Hall–Kier alpha value is -1.92. The van der Waals surface area contributed by atoms with Crippen LogP contribution >= 0.6 is 0 Å². The molecule has 1 aliphatic rings. The van der Waals surface area contributed by atoms with Crippen LogP contribution in [0.15, 0.2) is 24.3 Å². The third kappa shape index (κ3) is 3.89. The van der Waals surface area contributed by atoms with E-state index in [2.05, 4.69) is 36.4 Å². The number of carbonyl (C=O) groups is 2. The van der Waals surface area contributed by atoms with Gasteiger partial charge >= 0.3 is 0 Å². The van der Waals surface area contributed by atoms with Crippen LogP contribution in [0.1, 0.15) is 50.4 Å². The fraction of sp³-hybridized carbons (Fsp3) is 0.529. The van der Waals surface area contributed by atoms with E-state index in [-0.39, 0.29) is 23.4 Å². The molecule has 4 N–H and O–H groups in total. The number of nitrogen functional groups attached to an aromatic ring is 1. The van der Waals surface area contributed by atoms with E-state index in [9.17, 15) is 9.59 Å². The highest BCUT2D eigenvalue weighted by molar-refractivity contribution is 5.97. The summed E-state index contributed by atoms with van der Waals surface area (Å²) in [4.78, 5) is 26.3. The van der Waals surface area contributed by atoms with E-state index in [0.29, 0.717) is 11.3 Å². The van der Waals surface area contributed by atoms with Crippen molar-refractivity contribution >= 4 is 17.5 Å². The maximum absolute atomic E-state index is 12.6. The van der Waals surface area contributed by atoms with Crippen LogP contribution in [0.25, 0.3) is 0 Å². The van der Waals surface area contributed by atoms with Gasteiger partial charge in [0, 0.05) is 16.8 Å². The zero-order valence-corrected chi connectivity index (χ0v) is 14.1. The Labute approximate surface area is 137 Å². The summed E-state index contributed by atoms with van der Waals surface area (Å²) in [5, 5.41) is 2.95. The number of likely N-dealkylation sites (tertiary alicyclic amines) is 1. The number of benzene rings is 1. The lowest BCUT2D eigenvalue weighted by atomic mass is 9.98. The highest BCUT2D eigenvalue weighted by Crippen LogP contribution is 2.29. The van der Waals surface area contributed by atoms with Gasteiger partial charge in [-0.25, -0.2) is 5.84 Å². The van der Waals surface area contributed by atoms with Crippen LogP contribution in [0, 0.1) is 0 Å². The SMILES string of the molecule is CCC(C)(C)N1CCCC1C(=O)Nc1ccc(C(=O)NN)cc1. The molecular formula is C17H26N4O2. The summed E-state index contributed by atoms with van der Waals surface area (Å²) >= 11 is 0. The number of nitrogens with zero attached hydrogens (tertiary/aromatic N) is 1. The molecule has 1 atom stereocenters. The minimum Gasteiger partial charge on any atom is -0.325 e. The van der Waals surface area contributed by atoms with Gasteiger partial charge in [0.15, 0.2) is 0 Å². The van der Waals surface area contributed by atoms with Crippen LogP contribution in [0.4, 0.5) is 5.69 Å². The van der Waals surface area contributed by atoms with Gasteiger partial charge in [-0.05, 0) is 63.9 Å². The van der Waals surface area contributed by atoms with Gasteiger partial charge in [-0.15, -0.1) is 0 Å². The highest BCUT2D eigenvalue weighted by Gasteiger charge is 2.38. The summed E-state index contributed by atoms with van der Waals surface area (Å²) in [6.07, 6.45) is 2.92. The first-order chi connectivity index (χ1) is 10.9. The van der Waals surface area contributed by atoms with Gasteiger partial charge < -0.3 is 5.32 Å². The largest absolute Gasteiger partial charge is 0.325 e. The summed E-state index contributed by atoms with van der Waals surface area (Å²) in [5.74, 6) is 4.76. The van der Waals surface area contributed by atoms with E-state index in [0.717, 1.165) is 25.8 Å². The van der Waals surface area contributed by atoms with E-state index < -0.39 is 0 Å². The Morgan fingerprint density at radius 3 is 2.52 bits per heavy atom. The van der Waals surface area contributed by atoms with E-state index in [1.54, 1.807) is 24.3 Å². The van der Waals surface area contributed by atoms with Gasteiger partial charge in [-0.2, -0.15) is 0 Å². The summed E-state index contributed by atoms with van der Waals surface area (Å²) in [5.41, 5.74) is 3.24. The molecule has 1 aromatic carbocycles. The van der Waals surface area contributed by atoms with Gasteiger partial charge in [0.2, 0.25) is 5.91 Å². The van der Waals surface area contributed by atoms with Crippen molar-refractivity contribution in [2.24, 2.45) is 5.84 Å². The Kier molecular flexibility index (Phi) is 5.38. The van der Waals surface area contributed by atoms with Gasteiger partial charge in [-0.3, -0.25) is 19.9 Å². The third-order valence-electron chi connectivity index (χ3n) is 4.74. The molecule has 0 aromatic heterocycles. The van der Waals surface area contributed by atoms with Crippen molar-refractivity contribution in [3.8, 4) is 0 Å². The lowest BCUT2D eigenvalue weighted by molar-refractivity contribution is -0.122. The molecule has 2 amide bonds. The molecular weight excluding hydrogens is 292 g/mol. The number of nitrogens with one attached hydrogen (secondary N) is 2. The number of anilines is 1. The average Bonchev–Trinajstić information content (AvgIpc) is 3.05.